The Kier molecular flexibility index (Phi) is 4.99. The normalized spacial score (nSPS) is 20.6. The van der Waals surface area contributed by atoms with Gasteiger partial charge in [-0.25, -0.2) is 0 Å². The van der Waals surface area contributed by atoms with E-state index in [1.165, 1.54) is 19.3 Å². The van der Waals surface area contributed by atoms with Crippen molar-refractivity contribution >= 4 is 11.9 Å². The van der Waals surface area contributed by atoms with Crippen molar-refractivity contribution in [2.75, 3.05) is 6.54 Å². The molecule has 0 aliphatic heterocycles. The fourth-order valence-electron chi connectivity index (χ4n) is 2.86. The van der Waals surface area contributed by atoms with Gasteiger partial charge in [0.2, 0.25) is 5.91 Å². The minimum Gasteiger partial charge on any atom is -0.481 e. The number of amides is 1. The smallest absolute Gasteiger partial charge is 0.316 e. The summed E-state index contributed by atoms with van der Waals surface area (Å²) in [6, 6.07) is 0. The highest BCUT2D eigenvalue weighted by Crippen LogP contribution is 2.35. The molecule has 4 nitrogen and oxygen atoms in total. The van der Waals surface area contributed by atoms with Gasteiger partial charge in [-0.05, 0) is 23.7 Å². The van der Waals surface area contributed by atoms with E-state index in [2.05, 4.69) is 12.2 Å². The Balaban J connectivity index is 2.60. The van der Waals surface area contributed by atoms with Crippen molar-refractivity contribution in [2.24, 2.45) is 16.7 Å². The van der Waals surface area contributed by atoms with E-state index in [-0.39, 0.29) is 11.3 Å². The third-order valence-electron chi connectivity index (χ3n) is 4.13. The number of hydrogen-bond acceptors (Lipinski definition) is 2. The molecule has 1 fully saturated rings. The first-order chi connectivity index (χ1) is 8.66. The lowest BCUT2D eigenvalue weighted by molar-refractivity contribution is -0.151. The second kappa shape index (κ2) is 5.93. The number of carbonyl (C=O) groups excluding carboxylic acids is 1. The van der Waals surface area contributed by atoms with Gasteiger partial charge in [-0.2, -0.15) is 0 Å². The molecule has 1 saturated carbocycles. The van der Waals surface area contributed by atoms with Gasteiger partial charge in [0.15, 0.2) is 0 Å². The zero-order chi connectivity index (χ0) is 14.7. The molecule has 1 rings (SSSR count). The second-order valence-corrected chi connectivity index (χ2v) is 7.23. The van der Waals surface area contributed by atoms with E-state index >= 15 is 0 Å². The van der Waals surface area contributed by atoms with E-state index in [0.29, 0.717) is 6.54 Å². The van der Waals surface area contributed by atoms with Gasteiger partial charge in [-0.15, -0.1) is 0 Å². The van der Waals surface area contributed by atoms with Gasteiger partial charge in [-0.3, -0.25) is 9.59 Å². The van der Waals surface area contributed by atoms with E-state index in [0.717, 1.165) is 12.8 Å². The van der Waals surface area contributed by atoms with Crippen LogP contribution in [0.25, 0.3) is 0 Å². The highest BCUT2D eigenvalue weighted by molar-refractivity contribution is 5.97. The molecule has 19 heavy (non-hydrogen) atoms. The fraction of sp³-hybridized carbons (Fsp3) is 0.867. The molecule has 0 aromatic carbocycles. The summed E-state index contributed by atoms with van der Waals surface area (Å²) in [6.45, 7) is 8.13. The van der Waals surface area contributed by atoms with Gasteiger partial charge in [0.25, 0.3) is 0 Å². The summed E-state index contributed by atoms with van der Waals surface area (Å²) in [4.78, 5) is 23.4. The van der Waals surface area contributed by atoms with E-state index < -0.39 is 17.3 Å². The number of carbonyl (C=O) groups is 2. The van der Waals surface area contributed by atoms with Gasteiger partial charge >= 0.3 is 5.97 Å². The highest BCUT2D eigenvalue weighted by Gasteiger charge is 2.38. The molecule has 4 heteroatoms. The molecule has 0 aromatic rings. The Labute approximate surface area is 116 Å². The van der Waals surface area contributed by atoms with Crippen molar-refractivity contribution in [3.05, 3.63) is 0 Å². The first kappa shape index (κ1) is 16.0. The lowest BCUT2D eigenvalue weighted by Gasteiger charge is -2.35. The Morgan fingerprint density at radius 1 is 1.21 bits per heavy atom. The molecule has 1 atom stereocenters. The van der Waals surface area contributed by atoms with Crippen LogP contribution in [0.15, 0.2) is 0 Å². The fourth-order valence-corrected chi connectivity index (χ4v) is 2.86. The highest BCUT2D eigenvalue weighted by atomic mass is 16.4. The maximum Gasteiger partial charge on any atom is 0.316 e. The lowest BCUT2D eigenvalue weighted by Crippen LogP contribution is -2.46. The summed E-state index contributed by atoms with van der Waals surface area (Å²) in [5.74, 6) is -2.38. The van der Waals surface area contributed by atoms with Crippen molar-refractivity contribution in [1.29, 1.82) is 0 Å². The molecule has 0 spiro atoms. The molecule has 0 aromatic heterocycles. The second-order valence-electron chi connectivity index (χ2n) is 7.23. The summed E-state index contributed by atoms with van der Waals surface area (Å²) in [6.07, 6.45) is 5.90. The Bertz CT molecular complexity index is 338. The molecule has 1 unspecified atom stereocenters. The number of carboxylic acid groups (broad SMARTS) is 1. The molecule has 2 N–H and O–H groups in total. The number of carboxylic acids is 1. The quantitative estimate of drug-likeness (QED) is 0.771. The van der Waals surface area contributed by atoms with Gasteiger partial charge in [-0.1, -0.05) is 47.0 Å². The summed E-state index contributed by atoms with van der Waals surface area (Å²) < 4.78 is 0. The van der Waals surface area contributed by atoms with Crippen LogP contribution in [0, 0.1) is 16.7 Å². The van der Waals surface area contributed by atoms with Gasteiger partial charge in [0.05, 0.1) is 0 Å². The molecular weight excluding hydrogens is 242 g/mol. The molecule has 110 valence electrons. The zero-order valence-electron chi connectivity index (χ0n) is 12.6. The van der Waals surface area contributed by atoms with Crippen molar-refractivity contribution < 1.29 is 14.7 Å². The van der Waals surface area contributed by atoms with E-state index in [9.17, 15) is 14.7 Å². The van der Waals surface area contributed by atoms with Crippen LogP contribution >= 0.6 is 0 Å². The van der Waals surface area contributed by atoms with Crippen molar-refractivity contribution in [1.82, 2.24) is 5.32 Å². The lowest BCUT2D eigenvalue weighted by atomic mass is 9.75. The molecule has 1 aliphatic carbocycles. The predicted octanol–water partition coefficient (Wildman–Crippen LogP) is 2.82. The molecule has 1 amide bonds. The summed E-state index contributed by atoms with van der Waals surface area (Å²) >= 11 is 0. The van der Waals surface area contributed by atoms with Crippen LogP contribution in [0.5, 0.6) is 0 Å². The average molecular weight is 269 g/mol. The number of hydrogen-bond donors (Lipinski definition) is 2. The molecule has 0 saturated heterocycles. The topological polar surface area (TPSA) is 66.4 Å². The minimum atomic E-state index is -1.04. The largest absolute Gasteiger partial charge is 0.481 e. The Hall–Kier alpha value is -1.06. The van der Waals surface area contributed by atoms with E-state index in [4.69, 9.17) is 0 Å². The zero-order valence-corrected chi connectivity index (χ0v) is 12.6. The molecule has 1 aliphatic rings. The van der Waals surface area contributed by atoms with Gasteiger partial charge in [0.1, 0.15) is 5.92 Å². The first-order valence-electron chi connectivity index (χ1n) is 7.16. The molecular formula is C15H27NO3. The van der Waals surface area contributed by atoms with Gasteiger partial charge in [0, 0.05) is 6.54 Å². The van der Waals surface area contributed by atoms with Crippen LogP contribution in [0.4, 0.5) is 0 Å². The minimum absolute atomic E-state index is 0.134. The van der Waals surface area contributed by atoms with Crippen LogP contribution in [-0.4, -0.2) is 23.5 Å². The average Bonchev–Trinajstić information content (AvgIpc) is 2.25. The standard InChI is InChI=1S/C15H27NO3/c1-14(2,3)11(13(18)19)12(17)16-10-15(4)8-6-5-7-9-15/h11H,5-10H2,1-4H3,(H,16,17)(H,18,19). The predicted molar refractivity (Wildman–Crippen MR) is 74.8 cm³/mol. The first-order valence-corrected chi connectivity index (χ1v) is 7.16. The number of aliphatic carboxylic acids is 1. The summed E-state index contributed by atoms with van der Waals surface area (Å²) in [5.41, 5.74) is -0.432. The van der Waals surface area contributed by atoms with Crippen LogP contribution in [-0.2, 0) is 9.59 Å². The van der Waals surface area contributed by atoms with Crippen molar-refractivity contribution in [3.63, 3.8) is 0 Å². The Morgan fingerprint density at radius 2 is 1.74 bits per heavy atom. The Morgan fingerprint density at radius 3 is 2.16 bits per heavy atom. The maximum atomic E-state index is 12.1. The van der Waals surface area contributed by atoms with E-state index in [1.807, 2.05) is 0 Å². The van der Waals surface area contributed by atoms with Crippen LogP contribution in [0.3, 0.4) is 0 Å². The van der Waals surface area contributed by atoms with Crippen molar-refractivity contribution in [3.8, 4) is 0 Å². The number of rotatable bonds is 4. The third kappa shape index (κ3) is 4.51. The molecule has 0 bridgehead atoms. The summed E-state index contributed by atoms with van der Waals surface area (Å²) in [5, 5.41) is 12.1. The van der Waals surface area contributed by atoms with Crippen LogP contribution in [0.2, 0.25) is 0 Å². The van der Waals surface area contributed by atoms with Crippen LogP contribution in [0.1, 0.15) is 59.8 Å². The maximum absolute atomic E-state index is 12.1. The third-order valence-corrected chi connectivity index (χ3v) is 4.13. The summed E-state index contributed by atoms with van der Waals surface area (Å²) in [7, 11) is 0. The number of nitrogens with one attached hydrogen (secondary N) is 1. The molecule has 0 radical (unpaired) electrons. The SMILES string of the molecule is CC1(CNC(=O)C(C(=O)O)C(C)(C)C)CCCCC1. The van der Waals surface area contributed by atoms with Gasteiger partial charge < -0.3 is 10.4 Å². The molecule has 0 heterocycles. The van der Waals surface area contributed by atoms with Crippen molar-refractivity contribution in [2.45, 2.75) is 59.8 Å². The van der Waals surface area contributed by atoms with E-state index in [1.54, 1.807) is 20.8 Å². The van der Waals surface area contributed by atoms with Crippen LogP contribution < -0.4 is 5.32 Å². The monoisotopic (exact) mass is 269 g/mol.